The average Bonchev–Trinajstić information content (AvgIpc) is 2.71. The van der Waals surface area contributed by atoms with Crippen LogP contribution in [0.25, 0.3) is 11.3 Å². The minimum atomic E-state index is -0.916. The molecule has 1 amide bonds. The van der Waals surface area contributed by atoms with E-state index in [0.717, 1.165) is 18.4 Å². The fourth-order valence-electron chi connectivity index (χ4n) is 4.58. The number of hydrogen-bond acceptors (Lipinski definition) is 4. The van der Waals surface area contributed by atoms with Crippen molar-refractivity contribution in [3.63, 3.8) is 0 Å². The van der Waals surface area contributed by atoms with E-state index in [2.05, 4.69) is 15.7 Å². The highest BCUT2D eigenvalue weighted by Gasteiger charge is 2.66. The van der Waals surface area contributed by atoms with Gasteiger partial charge in [0.25, 0.3) is 5.91 Å². The Kier molecular flexibility index (Phi) is 3.63. The number of halogens is 2. The number of carbonyl (C=O) groups excluding carboxylic acids is 1. The standard InChI is InChI=1S/C19H19F2N3O2/c1-18-8-7-11(18)10-9-14(15-12(20)5-4-6-13(15)21)22-23-16(10)19(18,2)17(25)24-26-3/h4-6,9,11H,7-8H2,1-3H3,(H,24,25)/t11-,18?,19?/m1/s1. The van der Waals surface area contributed by atoms with Crippen molar-refractivity contribution in [3.05, 3.63) is 47.2 Å². The van der Waals surface area contributed by atoms with E-state index in [1.54, 1.807) is 6.07 Å². The van der Waals surface area contributed by atoms with E-state index in [0.29, 0.717) is 5.69 Å². The van der Waals surface area contributed by atoms with Gasteiger partial charge in [0.15, 0.2) is 0 Å². The fourth-order valence-corrected chi connectivity index (χ4v) is 4.58. The minimum absolute atomic E-state index is 0.0918. The molecule has 2 aliphatic rings. The zero-order valence-corrected chi connectivity index (χ0v) is 14.8. The summed E-state index contributed by atoms with van der Waals surface area (Å²) in [5.74, 6) is -1.57. The molecule has 0 bridgehead atoms. The quantitative estimate of drug-likeness (QED) is 0.855. The second-order valence-corrected chi connectivity index (χ2v) is 7.40. The Morgan fingerprint density at radius 2 is 1.96 bits per heavy atom. The summed E-state index contributed by atoms with van der Waals surface area (Å²) >= 11 is 0. The lowest BCUT2D eigenvalue weighted by Crippen LogP contribution is -2.54. The first kappa shape index (κ1) is 17.0. The third-order valence-electron chi connectivity index (χ3n) is 6.40. The van der Waals surface area contributed by atoms with Crippen LogP contribution in [-0.2, 0) is 15.0 Å². The number of nitrogens with zero attached hydrogens (tertiary/aromatic N) is 2. The number of aromatic nitrogens is 2. The van der Waals surface area contributed by atoms with E-state index in [1.807, 2.05) is 13.8 Å². The summed E-state index contributed by atoms with van der Waals surface area (Å²) in [6.07, 6.45) is 1.75. The molecule has 0 spiro atoms. The molecule has 1 aromatic heterocycles. The molecule has 0 radical (unpaired) electrons. The monoisotopic (exact) mass is 359 g/mol. The van der Waals surface area contributed by atoms with Gasteiger partial charge in [-0.25, -0.2) is 14.3 Å². The molecule has 1 saturated carbocycles. The van der Waals surface area contributed by atoms with Crippen molar-refractivity contribution in [1.29, 1.82) is 0 Å². The maximum atomic E-state index is 14.1. The predicted molar refractivity (Wildman–Crippen MR) is 90.0 cm³/mol. The van der Waals surface area contributed by atoms with Crippen LogP contribution < -0.4 is 5.48 Å². The van der Waals surface area contributed by atoms with Gasteiger partial charge in [0.05, 0.1) is 29.5 Å². The molecule has 5 nitrogen and oxygen atoms in total. The zero-order chi connectivity index (χ0) is 18.7. The molecular weight excluding hydrogens is 340 g/mol. The van der Waals surface area contributed by atoms with Gasteiger partial charge in [-0.15, -0.1) is 5.10 Å². The van der Waals surface area contributed by atoms with Crippen LogP contribution in [0.4, 0.5) is 8.78 Å². The summed E-state index contributed by atoms with van der Waals surface area (Å²) in [6, 6.07) is 5.37. The van der Waals surface area contributed by atoms with Crippen LogP contribution in [0.1, 0.15) is 43.9 Å². The van der Waals surface area contributed by atoms with E-state index < -0.39 is 17.0 Å². The third kappa shape index (κ3) is 1.95. The predicted octanol–water partition coefficient (Wildman–Crippen LogP) is 3.25. The lowest BCUT2D eigenvalue weighted by atomic mass is 9.52. The summed E-state index contributed by atoms with van der Waals surface area (Å²) in [6.45, 7) is 3.87. The minimum Gasteiger partial charge on any atom is -0.277 e. The first-order valence-electron chi connectivity index (χ1n) is 8.50. The summed E-state index contributed by atoms with van der Waals surface area (Å²) in [5, 5.41) is 8.32. The molecule has 1 heterocycles. The van der Waals surface area contributed by atoms with Crippen LogP contribution in [0.5, 0.6) is 0 Å². The fraction of sp³-hybridized carbons (Fsp3) is 0.421. The number of hydrogen-bond donors (Lipinski definition) is 1. The lowest BCUT2D eigenvalue weighted by molar-refractivity contribution is -0.144. The first-order chi connectivity index (χ1) is 12.3. The van der Waals surface area contributed by atoms with Crippen molar-refractivity contribution in [1.82, 2.24) is 15.7 Å². The number of carbonyl (C=O) groups is 1. The lowest BCUT2D eigenvalue weighted by Gasteiger charge is -2.50. The molecule has 136 valence electrons. The van der Waals surface area contributed by atoms with E-state index in [-0.39, 0.29) is 28.5 Å². The van der Waals surface area contributed by atoms with Crippen molar-refractivity contribution >= 4 is 5.91 Å². The zero-order valence-electron chi connectivity index (χ0n) is 14.8. The van der Waals surface area contributed by atoms with Gasteiger partial charge in [-0.1, -0.05) is 13.0 Å². The normalized spacial score (nSPS) is 28.9. The Morgan fingerprint density at radius 3 is 2.54 bits per heavy atom. The van der Waals surface area contributed by atoms with Gasteiger partial charge in [0.1, 0.15) is 11.6 Å². The highest BCUT2D eigenvalue weighted by atomic mass is 19.1. The molecule has 1 fully saturated rings. The highest BCUT2D eigenvalue weighted by Crippen LogP contribution is 2.68. The van der Waals surface area contributed by atoms with Gasteiger partial charge < -0.3 is 0 Å². The Hall–Kier alpha value is -2.41. The topological polar surface area (TPSA) is 64.1 Å². The summed E-state index contributed by atoms with van der Waals surface area (Å²) in [5.41, 5.74) is 2.50. The van der Waals surface area contributed by atoms with Gasteiger partial charge >= 0.3 is 0 Å². The van der Waals surface area contributed by atoms with Gasteiger partial charge in [-0.05, 0) is 54.9 Å². The molecule has 26 heavy (non-hydrogen) atoms. The van der Waals surface area contributed by atoms with E-state index in [1.165, 1.54) is 25.3 Å². The number of rotatable bonds is 3. The van der Waals surface area contributed by atoms with E-state index in [4.69, 9.17) is 4.84 Å². The molecule has 4 rings (SSSR count). The molecule has 3 atom stereocenters. The van der Waals surface area contributed by atoms with Crippen molar-refractivity contribution in [2.24, 2.45) is 5.41 Å². The molecular formula is C19H19F2N3O2. The van der Waals surface area contributed by atoms with Crippen LogP contribution in [0.2, 0.25) is 0 Å². The number of benzene rings is 1. The Morgan fingerprint density at radius 1 is 1.27 bits per heavy atom. The molecule has 7 heteroatoms. The van der Waals surface area contributed by atoms with Crippen LogP contribution in [-0.4, -0.2) is 23.2 Å². The van der Waals surface area contributed by atoms with Crippen molar-refractivity contribution < 1.29 is 18.4 Å². The number of nitrogens with one attached hydrogen (secondary N) is 1. The van der Waals surface area contributed by atoms with Crippen LogP contribution in [0, 0.1) is 17.0 Å². The van der Waals surface area contributed by atoms with Gasteiger partial charge in [-0.2, -0.15) is 5.10 Å². The summed E-state index contributed by atoms with van der Waals surface area (Å²) in [7, 11) is 1.38. The van der Waals surface area contributed by atoms with Gasteiger partial charge in [-0.3, -0.25) is 9.63 Å². The number of fused-ring (bicyclic) bond motifs is 3. The maximum Gasteiger partial charge on any atom is 0.256 e. The Balaban J connectivity index is 1.88. The smallest absolute Gasteiger partial charge is 0.256 e. The molecule has 0 saturated heterocycles. The van der Waals surface area contributed by atoms with Crippen molar-refractivity contribution in [2.45, 2.75) is 38.0 Å². The Labute approximate surface area is 149 Å². The average molecular weight is 359 g/mol. The molecule has 2 aliphatic carbocycles. The number of hydroxylamine groups is 1. The Bertz CT molecular complexity index is 899. The van der Waals surface area contributed by atoms with Crippen LogP contribution >= 0.6 is 0 Å². The summed E-state index contributed by atoms with van der Waals surface area (Å²) in [4.78, 5) is 17.6. The number of amides is 1. The van der Waals surface area contributed by atoms with Crippen LogP contribution in [0.3, 0.4) is 0 Å². The van der Waals surface area contributed by atoms with Crippen LogP contribution in [0.15, 0.2) is 24.3 Å². The van der Waals surface area contributed by atoms with Crippen molar-refractivity contribution in [3.8, 4) is 11.3 Å². The highest BCUT2D eigenvalue weighted by molar-refractivity contribution is 5.90. The van der Waals surface area contributed by atoms with Crippen molar-refractivity contribution in [2.75, 3.05) is 7.11 Å². The summed E-state index contributed by atoms with van der Waals surface area (Å²) < 4.78 is 28.3. The van der Waals surface area contributed by atoms with E-state index in [9.17, 15) is 13.6 Å². The molecule has 2 aromatic rings. The maximum absolute atomic E-state index is 14.1. The second kappa shape index (κ2) is 5.54. The molecule has 2 unspecified atom stereocenters. The second-order valence-electron chi connectivity index (χ2n) is 7.40. The largest absolute Gasteiger partial charge is 0.277 e. The van der Waals surface area contributed by atoms with E-state index >= 15 is 0 Å². The molecule has 1 aromatic carbocycles. The van der Waals surface area contributed by atoms with Gasteiger partial charge in [0.2, 0.25) is 0 Å². The SMILES string of the molecule is CONC(=O)C1(C)c2nnc(-c3c(F)cccc3F)cc2[C@H]2CCC21C. The first-order valence-corrected chi connectivity index (χ1v) is 8.50. The molecule has 0 aliphatic heterocycles. The molecule has 1 N–H and O–H groups in total. The third-order valence-corrected chi connectivity index (χ3v) is 6.40. The van der Waals surface area contributed by atoms with Gasteiger partial charge in [0, 0.05) is 0 Å².